The number of aliphatic carboxylic acids is 1. The molecule has 7 nitrogen and oxygen atoms in total. The van der Waals surface area contributed by atoms with Crippen LogP contribution in [0.25, 0.3) is 0 Å². The smallest absolute Gasteiger partial charge is 0.329 e. The van der Waals surface area contributed by atoms with Gasteiger partial charge in [-0.3, -0.25) is 0 Å². The molecular formula is C14H24N2O5. The van der Waals surface area contributed by atoms with Crippen molar-refractivity contribution in [2.75, 3.05) is 26.4 Å². The number of carbonyl (C=O) groups is 2. The number of likely N-dealkylation sites (tertiary alicyclic amines) is 1. The van der Waals surface area contributed by atoms with Crippen LogP contribution in [0, 0.1) is 0 Å². The van der Waals surface area contributed by atoms with Gasteiger partial charge in [0, 0.05) is 32.6 Å². The van der Waals surface area contributed by atoms with E-state index in [1.165, 1.54) is 0 Å². The van der Waals surface area contributed by atoms with Crippen molar-refractivity contribution in [2.45, 2.75) is 50.1 Å². The summed E-state index contributed by atoms with van der Waals surface area (Å²) in [5.41, 5.74) is -1.25. The lowest BCUT2D eigenvalue weighted by molar-refractivity contribution is -0.148. The molecule has 2 rings (SSSR count). The minimum absolute atomic E-state index is 0.0867. The Morgan fingerprint density at radius 2 is 1.95 bits per heavy atom. The summed E-state index contributed by atoms with van der Waals surface area (Å²) >= 11 is 0. The molecule has 7 heteroatoms. The number of carboxylic acid groups (broad SMARTS) is 1. The monoisotopic (exact) mass is 300 g/mol. The van der Waals surface area contributed by atoms with Crippen LogP contribution >= 0.6 is 0 Å². The number of ether oxygens (including phenoxy) is 1. The molecule has 21 heavy (non-hydrogen) atoms. The van der Waals surface area contributed by atoms with Crippen LogP contribution in [0.2, 0.25) is 0 Å². The van der Waals surface area contributed by atoms with E-state index in [2.05, 4.69) is 5.32 Å². The molecule has 1 unspecified atom stereocenters. The molecule has 3 N–H and O–H groups in total. The van der Waals surface area contributed by atoms with E-state index in [0.29, 0.717) is 19.8 Å². The number of nitrogens with zero attached hydrogens (tertiary/aromatic N) is 1. The highest BCUT2D eigenvalue weighted by Gasteiger charge is 2.43. The second kappa shape index (κ2) is 7.09. The van der Waals surface area contributed by atoms with Crippen LogP contribution in [0.5, 0.6) is 0 Å². The molecule has 2 fully saturated rings. The fourth-order valence-corrected chi connectivity index (χ4v) is 3.02. The van der Waals surface area contributed by atoms with Gasteiger partial charge in [-0.15, -0.1) is 0 Å². The average Bonchev–Trinajstić information content (AvgIpc) is 2.73. The molecule has 0 spiro atoms. The molecule has 0 aliphatic carbocycles. The number of urea groups is 1. The Balaban J connectivity index is 2.08. The van der Waals surface area contributed by atoms with E-state index in [1.807, 2.05) is 0 Å². The normalized spacial score (nSPS) is 26.0. The van der Waals surface area contributed by atoms with Crippen molar-refractivity contribution in [1.82, 2.24) is 10.2 Å². The number of rotatable bonds is 3. The van der Waals surface area contributed by atoms with Crippen molar-refractivity contribution in [3.05, 3.63) is 0 Å². The van der Waals surface area contributed by atoms with Gasteiger partial charge in [-0.2, -0.15) is 0 Å². The average molecular weight is 300 g/mol. The molecule has 0 saturated carbocycles. The maximum atomic E-state index is 12.5. The van der Waals surface area contributed by atoms with Gasteiger partial charge in [-0.1, -0.05) is 12.8 Å². The first-order chi connectivity index (χ1) is 10.1. The SMILES string of the molecule is O=C(NC1(C(=O)O)CCOCC1)N1CCCCCC1CO. The third-order valence-corrected chi connectivity index (χ3v) is 4.45. The first-order valence-electron chi connectivity index (χ1n) is 7.60. The summed E-state index contributed by atoms with van der Waals surface area (Å²) in [7, 11) is 0. The number of hydrogen-bond donors (Lipinski definition) is 3. The highest BCUT2D eigenvalue weighted by molar-refractivity contribution is 5.86. The van der Waals surface area contributed by atoms with Gasteiger partial charge in [-0.05, 0) is 12.8 Å². The fraction of sp³-hybridized carbons (Fsp3) is 0.857. The van der Waals surface area contributed by atoms with Gasteiger partial charge in [0.15, 0.2) is 0 Å². The van der Waals surface area contributed by atoms with Gasteiger partial charge in [0.2, 0.25) is 0 Å². The maximum Gasteiger partial charge on any atom is 0.329 e. The Morgan fingerprint density at radius 1 is 1.24 bits per heavy atom. The molecule has 0 aromatic carbocycles. The predicted molar refractivity (Wildman–Crippen MR) is 75.0 cm³/mol. The number of amides is 2. The van der Waals surface area contributed by atoms with Crippen molar-refractivity contribution < 1.29 is 24.5 Å². The van der Waals surface area contributed by atoms with E-state index in [4.69, 9.17) is 4.74 Å². The molecule has 0 aromatic heterocycles. The summed E-state index contributed by atoms with van der Waals surface area (Å²) in [5, 5.41) is 21.6. The van der Waals surface area contributed by atoms with Crippen LogP contribution in [0.15, 0.2) is 0 Å². The quantitative estimate of drug-likeness (QED) is 0.707. The second-order valence-corrected chi connectivity index (χ2v) is 5.81. The zero-order valence-corrected chi connectivity index (χ0v) is 12.2. The molecule has 0 aromatic rings. The standard InChI is InChI=1S/C14H24N2O5/c17-10-11-4-2-1-3-7-16(11)13(20)15-14(12(18)19)5-8-21-9-6-14/h11,17H,1-10H2,(H,15,20)(H,18,19). The zero-order chi connectivity index (χ0) is 15.3. The molecule has 120 valence electrons. The molecule has 2 saturated heterocycles. The molecule has 0 radical (unpaired) electrons. The van der Waals surface area contributed by atoms with Gasteiger partial charge in [0.25, 0.3) is 0 Å². The maximum absolute atomic E-state index is 12.5. The highest BCUT2D eigenvalue weighted by atomic mass is 16.5. The van der Waals surface area contributed by atoms with Gasteiger partial charge in [0.1, 0.15) is 5.54 Å². The van der Waals surface area contributed by atoms with Crippen molar-refractivity contribution in [3.8, 4) is 0 Å². The number of carbonyl (C=O) groups excluding carboxylic acids is 1. The van der Waals surface area contributed by atoms with Crippen molar-refractivity contribution in [2.24, 2.45) is 0 Å². The highest BCUT2D eigenvalue weighted by Crippen LogP contribution is 2.23. The second-order valence-electron chi connectivity index (χ2n) is 5.81. The van der Waals surface area contributed by atoms with Gasteiger partial charge < -0.3 is 25.2 Å². The van der Waals surface area contributed by atoms with Crippen LogP contribution in [0.4, 0.5) is 4.79 Å². The molecule has 1 atom stereocenters. The fourth-order valence-electron chi connectivity index (χ4n) is 3.02. The van der Waals surface area contributed by atoms with Crippen LogP contribution < -0.4 is 5.32 Å². The van der Waals surface area contributed by atoms with Gasteiger partial charge in [-0.25, -0.2) is 9.59 Å². The Bertz CT molecular complexity index is 382. The lowest BCUT2D eigenvalue weighted by Gasteiger charge is -2.37. The van der Waals surface area contributed by atoms with E-state index in [9.17, 15) is 19.8 Å². The van der Waals surface area contributed by atoms with Crippen LogP contribution in [0.1, 0.15) is 38.5 Å². The van der Waals surface area contributed by atoms with E-state index < -0.39 is 11.5 Å². The molecule has 0 bridgehead atoms. The molecule has 2 aliphatic heterocycles. The summed E-state index contributed by atoms with van der Waals surface area (Å²) in [5.74, 6) is -1.02. The Labute approximate surface area is 124 Å². The van der Waals surface area contributed by atoms with Crippen molar-refractivity contribution in [3.63, 3.8) is 0 Å². The van der Waals surface area contributed by atoms with E-state index in [1.54, 1.807) is 4.90 Å². The molecule has 2 heterocycles. The van der Waals surface area contributed by atoms with E-state index in [-0.39, 0.29) is 31.5 Å². The summed E-state index contributed by atoms with van der Waals surface area (Å²) in [6.07, 6.45) is 4.18. The Morgan fingerprint density at radius 3 is 2.57 bits per heavy atom. The van der Waals surface area contributed by atoms with E-state index >= 15 is 0 Å². The summed E-state index contributed by atoms with van der Waals surface area (Å²) in [6.45, 7) is 1.13. The first kappa shape index (κ1) is 16.0. The summed E-state index contributed by atoms with van der Waals surface area (Å²) in [4.78, 5) is 25.7. The summed E-state index contributed by atoms with van der Waals surface area (Å²) in [6, 6.07) is -0.613. The topological polar surface area (TPSA) is 99.1 Å². The van der Waals surface area contributed by atoms with Crippen LogP contribution in [0.3, 0.4) is 0 Å². The number of hydrogen-bond acceptors (Lipinski definition) is 4. The number of nitrogens with one attached hydrogen (secondary N) is 1. The zero-order valence-electron chi connectivity index (χ0n) is 12.2. The summed E-state index contributed by atoms with van der Waals surface area (Å²) < 4.78 is 5.20. The third-order valence-electron chi connectivity index (χ3n) is 4.45. The first-order valence-corrected chi connectivity index (χ1v) is 7.60. The third kappa shape index (κ3) is 3.65. The largest absolute Gasteiger partial charge is 0.480 e. The Hall–Kier alpha value is -1.34. The minimum Gasteiger partial charge on any atom is -0.480 e. The number of aliphatic hydroxyl groups is 1. The van der Waals surface area contributed by atoms with Gasteiger partial charge in [0.05, 0.1) is 12.6 Å². The number of carboxylic acids is 1. The van der Waals surface area contributed by atoms with Crippen molar-refractivity contribution >= 4 is 12.0 Å². The van der Waals surface area contributed by atoms with Crippen LogP contribution in [-0.4, -0.2) is 65.1 Å². The minimum atomic E-state index is -1.25. The van der Waals surface area contributed by atoms with E-state index in [0.717, 1.165) is 25.7 Å². The number of aliphatic hydroxyl groups excluding tert-OH is 1. The van der Waals surface area contributed by atoms with Gasteiger partial charge >= 0.3 is 12.0 Å². The van der Waals surface area contributed by atoms with Crippen molar-refractivity contribution in [1.29, 1.82) is 0 Å². The Kier molecular flexibility index (Phi) is 5.41. The lowest BCUT2D eigenvalue weighted by atomic mass is 9.90. The molecule has 2 amide bonds. The predicted octanol–water partition coefficient (Wildman–Crippen LogP) is 0.567. The molecule has 2 aliphatic rings. The molecular weight excluding hydrogens is 276 g/mol. The van der Waals surface area contributed by atoms with Crippen LogP contribution in [-0.2, 0) is 9.53 Å². The lowest BCUT2D eigenvalue weighted by Crippen LogP contribution is -2.61.